The molecule has 0 heterocycles. The molecular weight excluding hydrogens is 347 g/mol. The molecule has 0 aliphatic rings. The second-order valence-electron chi connectivity index (χ2n) is 4.35. The van der Waals surface area contributed by atoms with Crippen LogP contribution in [-0.2, 0) is 6.18 Å². The average Bonchev–Trinajstić information content (AvgIpc) is 2.41. The summed E-state index contributed by atoms with van der Waals surface area (Å²) in [5.74, 6) is 0.421. The topological polar surface area (TPSA) is 33.0 Å². The molecule has 0 saturated carbocycles. The van der Waals surface area contributed by atoms with Crippen molar-refractivity contribution < 1.29 is 17.9 Å². The third kappa shape index (κ3) is 3.56. The Bertz CT molecular complexity index is 720. The minimum absolute atomic E-state index is 0.0193. The zero-order valence-electron chi connectivity index (χ0n) is 10.8. The molecule has 0 unspecified atom stereocenters. The molecule has 2 rings (SSSR count). The third-order valence-corrected chi connectivity index (χ3v) is 3.35. The molecule has 0 fully saturated rings. The van der Waals surface area contributed by atoms with Gasteiger partial charge in [-0.3, -0.25) is 0 Å². The summed E-state index contributed by atoms with van der Waals surface area (Å²) < 4.78 is 44.7. The monoisotopic (exact) mass is 355 g/mol. The summed E-state index contributed by atoms with van der Waals surface area (Å²) in [5.41, 5.74) is -0.450. The van der Waals surface area contributed by atoms with Crippen molar-refractivity contribution in [1.29, 1.82) is 5.26 Å². The SMILES string of the molecule is Cc1ccc(Oc2ccc(C#N)c(C(F)(F)F)c2)c(Br)c1. The fourth-order valence-corrected chi connectivity index (χ4v) is 2.31. The number of ether oxygens (including phenoxy) is 1. The summed E-state index contributed by atoms with van der Waals surface area (Å²) in [6.07, 6.45) is -4.60. The van der Waals surface area contributed by atoms with E-state index in [0.29, 0.717) is 10.2 Å². The highest BCUT2D eigenvalue weighted by Crippen LogP contribution is 2.36. The third-order valence-electron chi connectivity index (χ3n) is 2.73. The molecule has 0 atom stereocenters. The summed E-state index contributed by atoms with van der Waals surface area (Å²) in [7, 11) is 0. The van der Waals surface area contributed by atoms with Crippen molar-refractivity contribution in [2.24, 2.45) is 0 Å². The quantitative estimate of drug-likeness (QED) is 0.718. The van der Waals surface area contributed by atoms with Crippen molar-refractivity contribution in [3.63, 3.8) is 0 Å². The van der Waals surface area contributed by atoms with E-state index in [1.54, 1.807) is 18.2 Å². The van der Waals surface area contributed by atoms with Crippen LogP contribution in [0, 0.1) is 18.3 Å². The lowest BCUT2D eigenvalue weighted by molar-refractivity contribution is -0.137. The minimum atomic E-state index is -4.60. The van der Waals surface area contributed by atoms with E-state index >= 15 is 0 Å². The van der Waals surface area contributed by atoms with E-state index in [4.69, 9.17) is 10.00 Å². The number of rotatable bonds is 2. The van der Waals surface area contributed by atoms with Crippen LogP contribution in [0.25, 0.3) is 0 Å². The van der Waals surface area contributed by atoms with Crippen LogP contribution in [0.3, 0.4) is 0 Å². The molecule has 108 valence electrons. The molecule has 2 aromatic carbocycles. The predicted molar refractivity (Wildman–Crippen MR) is 75.1 cm³/mol. The van der Waals surface area contributed by atoms with Gasteiger partial charge in [0, 0.05) is 0 Å². The van der Waals surface area contributed by atoms with Crippen LogP contribution in [-0.4, -0.2) is 0 Å². The molecule has 0 saturated heterocycles. The van der Waals surface area contributed by atoms with E-state index in [1.807, 2.05) is 6.92 Å². The van der Waals surface area contributed by atoms with Crippen LogP contribution in [0.2, 0.25) is 0 Å². The minimum Gasteiger partial charge on any atom is -0.456 e. The summed E-state index contributed by atoms with van der Waals surface area (Å²) in [4.78, 5) is 0. The van der Waals surface area contributed by atoms with E-state index < -0.39 is 17.3 Å². The Morgan fingerprint density at radius 3 is 2.43 bits per heavy atom. The molecule has 0 bridgehead atoms. The zero-order valence-corrected chi connectivity index (χ0v) is 12.4. The van der Waals surface area contributed by atoms with Gasteiger partial charge in [-0.25, -0.2) is 0 Å². The fourth-order valence-electron chi connectivity index (χ4n) is 1.73. The standard InChI is InChI=1S/C15H9BrF3NO/c1-9-2-5-14(13(16)6-9)21-11-4-3-10(8-20)12(7-11)15(17,18)19/h2-7H,1H3. The van der Waals surface area contributed by atoms with E-state index in [9.17, 15) is 13.2 Å². The largest absolute Gasteiger partial charge is 0.456 e. The Kier molecular flexibility index (Phi) is 4.24. The first-order chi connectivity index (χ1) is 9.81. The van der Waals surface area contributed by atoms with Crippen molar-refractivity contribution in [2.75, 3.05) is 0 Å². The molecule has 2 aromatic rings. The lowest BCUT2D eigenvalue weighted by atomic mass is 10.1. The summed E-state index contributed by atoms with van der Waals surface area (Å²) in [6, 6.07) is 10.0. The van der Waals surface area contributed by atoms with Gasteiger partial charge in [0.15, 0.2) is 0 Å². The van der Waals surface area contributed by atoms with Crippen molar-refractivity contribution >= 4 is 15.9 Å². The summed E-state index contributed by atoms with van der Waals surface area (Å²) in [6.45, 7) is 1.89. The summed E-state index contributed by atoms with van der Waals surface area (Å²) in [5, 5.41) is 8.74. The fraction of sp³-hybridized carbons (Fsp3) is 0.133. The van der Waals surface area contributed by atoms with Crippen LogP contribution in [0.4, 0.5) is 13.2 Å². The number of nitrogens with zero attached hydrogens (tertiary/aromatic N) is 1. The van der Waals surface area contributed by atoms with E-state index in [2.05, 4.69) is 15.9 Å². The molecule has 0 aliphatic carbocycles. The normalized spacial score (nSPS) is 11.0. The van der Waals surface area contributed by atoms with E-state index in [-0.39, 0.29) is 5.75 Å². The van der Waals surface area contributed by atoms with E-state index in [0.717, 1.165) is 17.7 Å². The van der Waals surface area contributed by atoms with Crippen molar-refractivity contribution in [3.05, 3.63) is 57.6 Å². The number of benzene rings is 2. The number of hydrogen-bond donors (Lipinski definition) is 0. The molecule has 0 spiro atoms. The van der Waals surface area contributed by atoms with Gasteiger partial charge < -0.3 is 4.74 Å². The number of aryl methyl sites for hydroxylation is 1. The Labute approximate surface area is 127 Å². The first-order valence-corrected chi connectivity index (χ1v) is 6.66. The second-order valence-corrected chi connectivity index (χ2v) is 5.21. The molecule has 6 heteroatoms. The average molecular weight is 356 g/mol. The first kappa shape index (κ1) is 15.4. The highest BCUT2D eigenvalue weighted by Gasteiger charge is 2.34. The Hall–Kier alpha value is -2.00. The molecule has 21 heavy (non-hydrogen) atoms. The van der Waals surface area contributed by atoms with Gasteiger partial charge in [0.05, 0.1) is 21.7 Å². The van der Waals surface area contributed by atoms with Crippen molar-refractivity contribution in [2.45, 2.75) is 13.1 Å². The van der Waals surface area contributed by atoms with Gasteiger partial charge in [-0.05, 0) is 58.7 Å². The van der Waals surface area contributed by atoms with Gasteiger partial charge in [-0.1, -0.05) is 6.07 Å². The molecule has 0 aromatic heterocycles. The smallest absolute Gasteiger partial charge is 0.417 e. The van der Waals surface area contributed by atoms with Crippen molar-refractivity contribution in [1.82, 2.24) is 0 Å². The predicted octanol–water partition coefficient (Wildman–Crippen LogP) is 5.44. The van der Waals surface area contributed by atoms with E-state index in [1.165, 1.54) is 12.1 Å². The number of hydrogen-bond acceptors (Lipinski definition) is 2. The van der Waals surface area contributed by atoms with Crippen LogP contribution >= 0.6 is 15.9 Å². The molecule has 0 radical (unpaired) electrons. The maximum absolute atomic E-state index is 12.9. The highest BCUT2D eigenvalue weighted by molar-refractivity contribution is 9.10. The van der Waals surface area contributed by atoms with Gasteiger partial charge in [0.1, 0.15) is 11.5 Å². The van der Waals surface area contributed by atoms with Gasteiger partial charge in [-0.15, -0.1) is 0 Å². The molecule has 0 N–H and O–H groups in total. The number of halogens is 4. The highest BCUT2D eigenvalue weighted by atomic mass is 79.9. The van der Waals surface area contributed by atoms with Gasteiger partial charge in [0.2, 0.25) is 0 Å². The van der Waals surface area contributed by atoms with Crippen LogP contribution < -0.4 is 4.74 Å². The number of nitriles is 1. The second kappa shape index (κ2) is 5.78. The van der Waals surface area contributed by atoms with Crippen LogP contribution in [0.15, 0.2) is 40.9 Å². The Balaban J connectivity index is 2.40. The molecule has 0 aliphatic heterocycles. The Morgan fingerprint density at radius 1 is 1.14 bits per heavy atom. The molecule has 2 nitrogen and oxygen atoms in total. The lowest BCUT2D eigenvalue weighted by Gasteiger charge is -2.12. The Morgan fingerprint density at radius 2 is 1.86 bits per heavy atom. The summed E-state index contributed by atoms with van der Waals surface area (Å²) >= 11 is 3.29. The van der Waals surface area contributed by atoms with Crippen LogP contribution in [0.5, 0.6) is 11.5 Å². The lowest BCUT2D eigenvalue weighted by Crippen LogP contribution is -2.07. The molecule has 0 amide bonds. The maximum atomic E-state index is 12.9. The maximum Gasteiger partial charge on any atom is 0.417 e. The van der Waals surface area contributed by atoms with Gasteiger partial charge in [0.25, 0.3) is 0 Å². The number of alkyl halides is 3. The van der Waals surface area contributed by atoms with Crippen LogP contribution in [0.1, 0.15) is 16.7 Å². The van der Waals surface area contributed by atoms with Crippen molar-refractivity contribution in [3.8, 4) is 17.6 Å². The zero-order chi connectivity index (χ0) is 15.6. The van der Waals surface area contributed by atoms with Gasteiger partial charge >= 0.3 is 6.18 Å². The first-order valence-electron chi connectivity index (χ1n) is 5.86. The molecular formula is C15H9BrF3NO. The van der Waals surface area contributed by atoms with Gasteiger partial charge in [-0.2, -0.15) is 18.4 Å².